The predicted molar refractivity (Wildman–Crippen MR) is 98.7 cm³/mol. The normalized spacial score (nSPS) is 14.5. The number of nitrogens with zero attached hydrogens (tertiary/aromatic N) is 3. The molecule has 2 aromatic rings. The molecule has 0 atom stereocenters. The van der Waals surface area contributed by atoms with Gasteiger partial charge < -0.3 is 14.5 Å². The van der Waals surface area contributed by atoms with E-state index in [9.17, 15) is 9.59 Å². The maximum atomic E-state index is 12.5. The van der Waals surface area contributed by atoms with E-state index in [0.29, 0.717) is 31.7 Å². The smallest absolute Gasteiger partial charge is 0.253 e. The van der Waals surface area contributed by atoms with Crippen LogP contribution in [0.5, 0.6) is 5.75 Å². The second-order valence-electron chi connectivity index (χ2n) is 5.97. The molecule has 2 amide bonds. The van der Waals surface area contributed by atoms with Crippen LogP contribution in [-0.2, 0) is 4.79 Å². The van der Waals surface area contributed by atoms with Gasteiger partial charge in [0.15, 0.2) is 0 Å². The summed E-state index contributed by atoms with van der Waals surface area (Å²) in [7, 11) is 1.59. The Morgan fingerprint density at radius 1 is 1.04 bits per heavy atom. The molecule has 1 aromatic heterocycles. The van der Waals surface area contributed by atoms with E-state index in [0.717, 1.165) is 11.3 Å². The molecular weight excluding hydrogens is 330 g/mol. The monoisotopic (exact) mass is 351 g/mol. The molecule has 1 saturated heterocycles. The van der Waals surface area contributed by atoms with Crippen LogP contribution in [-0.4, -0.2) is 59.9 Å². The van der Waals surface area contributed by atoms with Gasteiger partial charge in [-0.1, -0.05) is 6.07 Å². The highest BCUT2D eigenvalue weighted by Gasteiger charge is 2.23. The highest BCUT2D eigenvalue weighted by molar-refractivity contribution is 5.95. The average Bonchev–Trinajstić information content (AvgIpc) is 2.72. The minimum Gasteiger partial charge on any atom is -0.497 e. The first-order valence-electron chi connectivity index (χ1n) is 8.48. The van der Waals surface area contributed by atoms with Crippen LogP contribution in [0.2, 0.25) is 0 Å². The molecule has 1 aliphatic rings. The van der Waals surface area contributed by atoms with Gasteiger partial charge >= 0.3 is 0 Å². The Hall–Kier alpha value is -3.15. The lowest BCUT2D eigenvalue weighted by Crippen LogP contribution is -2.50. The number of amides is 2. The Morgan fingerprint density at radius 3 is 2.35 bits per heavy atom. The van der Waals surface area contributed by atoms with Gasteiger partial charge in [0.1, 0.15) is 5.75 Å². The van der Waals surface area contributed by atoms with Crippen molar-refractivity contribution < 1.29 is 14.3 Å². The first kappa shape index (κ1) is 17.7. The zero-order valence-electron chi connectivity index (χ0n) is 14.7. The molecule has 2 heterocycles. The molecule has 6 heteroatoms. The van der Waals surface area contributed by atoms with E-state index in [1.54, 1.807) is 65.7 Å². The topological polar surface area (TPSA) is 62.7 Å². The van der Waals surface area contributed by atoms with Gasteiger partial charge in [0.2, 0.25) is 5.91 Å². The molecule has 26 heavy (non-hydrogen) atoms. The van der Waals surface area contributed by atoms with E-state index in [-0.39, 0.29) is 11.8 Å². The molecule has 3 rings (SSSR count). The molecule has 1 aromatic carbocycles. The van der Waals surface area contributed by atoms with Crippen molar-refractivity contribution in [2.45, 2.75) is 0 Å². The van der Waals surface area contributed by atoms with E-state index in [4.69, 9.17) is 4.74 Å². The average molecular weight is 351 g/mol. The highest BCUT2D eigenvalue weighted by atomic mass is 16.5. The van der Waals surface area contributed by atoms with Crippen LogP contribution in [0, 0.1) is 0 Å². The molecule has 0 N–H and O–H groups in total. The number of carbonyl (C=O) groups excluding carboxylic acids is 2. The summed E-state index contributed by atoms with van der Waals surface area (Å²) in [5.41, 5.74) is 1.51. The second kappa shape index (κ2) is 8.29. The van der Waals surface area contributed by atoms with Gasteiger partial charge in [0.25, 0.3) is 5.91 Å². The molecular formula is C20H21N3O3. The van der Waals surface area contributed by atoms with Crippen molar-refractivity contribution >= 4 is 17.9 Å². The van der Waals surface area contributed by atoms with Gasteiger partial charge in [-0.2, -0.15) is 0 Å². The van der Waals surface area contributed by atoms with Gasteiger partial charge in [0.05, 0.1) is 7.11 Å². The number of rotatable bonds is 4. The van der Waals surface area contributed by atoms with E-state index in [2.05, 4.69) is 4.98 Å². The van der Waals surface area contributed by atoms with Crippen molar-refractivity contribution in [2.75, 3.05) is 33.3 Å². The first-order valence-corrected chi connectivity index (χ1v) is 8.48. The summed E-state index contributed by atoms with van der Waals surface area (Å²) in [4.78, 5) is 32.4. The van der Waals surface area contributed by atoms with Crippen molar-refractivity contribution in [3.63, 3.8) is 0 Å². The van der Waals surface area contributed by atoms with Crippen LogP contribution in [0.25, 0.3) is 6.08 Å². The van der Waals surface area contributed by atoms with Crippen molar-refractivity contribution in [2.24, 2.45) is 0 Å². The zero-order chi connectivity index (χ0) is 18.4. The number of pyridine rings is 1. The number of hydrogen-bond acceptors (Lipinski definition) is 4. The van der Waals surface area contributed by atoms with Crippen molar-refractivity contribution in [1.82, 2.24) is 14.8 Å². The maximum absolute atomic E-state index is 12.5. The molecule has 134 valence electrons. The lowest BCUT2D eigenvalue weighted by atomic mass is 10.1. The summed E-state index contributed by atoms with van der Waals surface area (Å²) in [6.45, 7) is 2.10. The van der Waals surface area contributed by atoms with Gasteiger partial charge in [-0.3, -0.25) is 14.6 Å². The fraction of sp³-hybridized carbons (Fsp3) is 0.250. The molecule has 0 radical (unpaired) electrons. The standard InChI is InChI=1S/C20H21N3O3/c1-26-18-7-5-17(6-8-18)20(25)23-13-11-22(12-14-23)19(24)9-4-16-3-2-10-21-15-16/h2-10,15H,11-14H2,1H3/b9-4+. The number of aromatic nitrogens is 1. The SMILES string of the molecule is COc1ccc(C(=O)N2CCN(C(=O)/C=C/c3cccnc3)CC2)cc1. The molecule has 0 bridgehead atoms. The van der Waals surface area contributed by atoms with Crippen LogP contribution in [0.1, 0.15) is 15.9 Å². The first-order chi connectivity index (χ1) is 12.7. The summed E-state index contributed by atoms with van der Waals surface area (Å²) >= 11 is 0. The third-order valence-electron chi connectivity index (χ3n) is 4.32. The summed E-state index contributed by atoms with van der Waals surface area (Å²) < 4.78 is 5.11. The van der Waals surface area contributed by atoms with Crippen molar-refractivity contribution in [3.8, 4) is 5.75 Å². The maximum Gasteiger partial charge on any atom is 0.253 e. The third kappa shape index (κ3) is 4.27. The van der Waals surface area contributed by atoms with Crippen molar-refractivity contribution in [1.29, 1.82) is 0 Å². The van der Waals surface area contributed by atoms with E-state index < -0.39 is 0 Å². The van der Waals surface area contributed by atoms with Gasteiger partial charge in [0, 0.05) is 50.2 Å². The Kier molecular flexibility index (Phi) is 5.63. The van der Waals surface area contributed by atoms with Gasteiger partial charge in [-0.05, 0) is 42.0 Å². The molecule has 1 fully saturated rings. The van der Waals surface area contributed by atoms with Crippen LogP contribution in [0.3, 0.4) is 0 Å². The number of ether oxygens (including phenoxy) is 1. The van der Waals surface area contributed by atoms with Gasteiger partial charge in [-0.25, -0.2) is 0 Å². The van der Waals surface area contributed by atoms with Crippen LogP contribution < -0.4 is 4.74 Å². The molecule has 6 nitrogen and oxygen atoms in total. The highest BCUT2D eigenvalue weighted by Crippen LogP contribution is 2.14. The Balaban J connectivity index is 1.54. The second-order valence-corrected chi connectivity index (χ2v) is 5.97. The number of piperazine rings is 1. The lowest BCUT2D eigenvalue weighted by molar-refractivity contribution is -0.127. The quantitative estimate of drug-likeness (QED) is 0.792. The summed E-state index contributed by atoms with van der Waals surface area (Å²) in [5.74, 6) is 0.647. The predicted octanol–water partition coefficient (Wildman–Crippen LogP) is 2.09. The number of methoxy groups -OCH3 is 1. The minimum absolute atomic E-state index is 0.0225. The van der Waals surface area contributed by atoms with E-state index in [1.807, 2.05) is 12.1 Å². The fourth-order valence-electron chi connectivity index (χ4n) is 2.79. The molecule has 0 aliphatic carbocycles. The van der Waals surface area contributed by atoms with E-state index in [1.165, 1.54) is 0 Å². The molecule has 1 aliphatic heterocycles. The van der Waals surface area contributed by atoms with Crippen LogP contribution in [0.4, 0.5) is 0 Å². The molecule has 0 unspecified atom stereocenters. The van der Waals surface area contributed by atoms with Crippen LogP contribution in [0.15, 0.2) is 54.9 Å². The van der Waals surface area contributed by atoms with Crippen molar-refractivity contribution in [3.05, 3.63) is 66.0 Å². The Morgan fingerprint density at radius 2 is 1.73 bits per heavy atom. The van der Waals surface area contributed by atoms with Gasteiger partial charge in [-0.15, -0.1) is 0 Å². The number of carbonyl (C=O) groups is 2. The minimum atomic E-state index is -0.0506. The fourth-order valence-corrected chi connectivity index (χ4v) is 2.79. The molecule has 0 saturated carbocycles. The third-order valence-corrected chi connectivity index (χ3v) is 4.32. The summed E-state index contributed by atoms with van der Waals surface area (Å²) in [6, 6.07) is 10.8. The molecule has 0 spiro atoms. The Bertz CT molecular complexity index is 780. The van der Waals surface area contributed by atoms with Crippen LogP contribution >= 0.6 is 0 Å². The van der Waals surface area contributed by atoms with E-state index >= 15 is 0 Å². The lowest BCUT2D eigenvalue weighted by Gasteiger charge is -2.34. The largest absolute Gasteiger partial charge is 0.497 e. The zero-order valence-corrected chi connectivity index (χ0v) is 14.7. The summed E-state index contributed by atoms with van der Waals surface area (Å²) in [5, 5.41) is 0. The summed E-state index contributed by atoms with van der Waals surface area (Å²) in [6.07, 6.45) is 6.70. The Labute approximate surface area is 152 Å². The number of hydrogen-bond donors (Lipinski definition) is 0. The number of benzene rings is 1.